The summed E-state index contributed by atoms with van der Waals surface area (Å²) in [4.78, 5) is 16.7. The minimum absolute atomic E-state index is 0.299. The second-order valence-electron chi connectivity index (χ2n) is 4.69. The number of thiophene rings is 1. The van der Waals surface area contributed by atoms with Crippen molar-refractivity contribution in [3.63, 3.8) is 0 Å². The first kappa shape index (κ1) is 13.5. The van der Waals surface area contributed by atoms with Crippen molar-refractivity contribution in [2.45, 2.75) is 6.92 Å². The van der Waals surface area contributed by atoms with Crippen LogP contribution in [0.4, 0.5) is 15.8 Å². The number of benzene rings is 1. The van der Waals surface area contributed by atoms with E-state index in [9.17, 15) is 9.18 Å². The van der Waals surface area contributed by atoms with Crippen LogP contribution in [0.25, 0.3) is 10.1 Å². The SMILES string of the molecule is Cc1cncc(NC(=O)c2sc3ccc(F)cc3c2N)c1. The molecule has 0 saturated carbocycles. The fourth-order valence-corrected chi connectivity index (χ4v) is 3.07. The van der Waals surface area contributed by atoms with E-state index in [0.29, 0.717) is 21.6 Å². The van der Waals surface area contributed by atoms with Crippen molar-refractivity contribution in [1.29, 1.82) is 0 Å². The first-order valence-corrected chi connectivity index (χ1v) is 7.07. The molecule has 0 saturated heterocycles. The van der Waals surface area contributed by atoms with Crippen LogP contribution in [0, 0.1) is 12.7 Å². The Morgan fingerprint density at radius 3 is 2.90 bits per heavy atom. The predicted octanol–water partition coefficient (Wildman–Crippen LogP) is 3.58. The number of aromatic nitrogens is 1. The first-order valence-electron chi connectivity index (χ1n) is 6.25. The monoisotopic (exact) mass is 301 g/mol. The molecule has 0 aliphatic carbocycles. The lowest BCUT2D eigenvalue weighted by Gasteiger charge is -2.04. The average molecular weight is 301 g/mol. The Labute approximate surface area is 124 Å². The highest BCUT2D eigenvalue weighted by molar-refractivity contribution is 7.21. The molecule has 0 aliphatic heterocycles. The Balaban J connectivity index is 1.96. The van der Waals surface area contributed by atoms with Gasteiger partial charge >= 0.3 is 0 Å². The van der Waals surface area contributed by atoms with Crippen molar-refractivity contribution < 1.29 is 9.18 Å². The van der Waals surface area contributed by atoms with Gasteiger partial charge in [0.25, 0.3) is 5.91 Å². The molecule has 3 N–H and O–H groups in total. The number of anilines is 2. The summed E-state index contributed by atoms with van der Waals surface area (Å²) in [6.45, 7) is 1.89. The van der Waals surface area contributed by atoms with Gasteiger partial charge in [-0.1, -0.05) is 0 Å². The number of nitrogens with one attached hydrogen (secondary N) is 1. The van der Waals surface area contributed by atoms with Crippen LogP contribution < -0.4 is 11.1 Å². The van der Waals surface area contributed by atoms with Crippen molar-refractivity contribution in [2.24, 2.45) is 0 Å². The smallest absolute Gasteiger partial charge is 0.267 e. The minimum Gasteiger partial charge on any atom is -0.397 e. The van der Waals surface area contributed by atoms with Gasteiger partial charge in [-0.05, 0) is 36.8 Å². The normalized spacial score (nSPS) is 10.8. The zero-order valence-corrected chi connectivity index (χ0v) is 12.0. The molecule has 21 heavy (non-hydrogen) atoms. The summed E-state index contributed by atoms with van der Waals surface area (Å²) in [5.74, 6) is -0.691. The number of halogens is 1. The van der Waals surface area contributed by atoms with Crippen LogP contribution in [0.15, 0.2) is 36.7 Å². The van der Waals surface area contributed by atoms with Crippen LogP contribution >= 0.6 is 11.3 Å². The fraction of sp³-hybridized carbons (Fsp3) is 0.0667. The number of aryl methyl sites for hydroxylation is 1. The second-order valence-corrected chi connectivity index (χ2v) is 5.74. The Morgan fingerprint density at radius 1 is 1.33 bits per heavy atom. The van der Waals surface area contributed by atoms with Crippen LogP contribution in [-0.4, -0.2) is 10.9 Å². The average Bonchev–Trinajstić information content (AvgIpc) is 2.76. The third-order valence-corrected chi connectivity index (χ3v) is 4.21. The molecule has 0 radical (unpaired) electrons. The summed E-state index contributed by atoms with van der Waals surface area (Å²) in [5, 5.41) is 3.31. The predicted molar refractivity (Wildman–Crippen MR) is 83.1 cm³/mol. The van der Waals surface area contributed by atoms with Gasteiger partial charge in [-0.3, -0.25) is 9.78 Å². The van der Waals surface area contributed by atoms with Crippen LogP contribution in [0.3, 0.4) is 0 Å². The molecule has 1 amide bonds. The summed E-state index contributed by atoms with van der Waals surface area (Å²) in [6, 6.07) is 6.13. The largest absolute Gasteiger partial charge is 0.397 e. The number of carbonyl (C=O) groups is 1. The van der Waals surface area contributed by atoms with E-state index in [-0.39, 0.29) is 11.7 Å². The number of amides is 1. The van der Waals surface area contributed by atoms with Gasteiger partial charge in [0.05, 0.1) is 17.6 Å². The molecule has 0 bridgehead atoms. The summed E-state index contributed by atoms with van der Waals surface area (Å²) in [6.07, 6.45) is 3.26. The highest BCUT2D eigenvalue weighted by Crippen LogP contribution is 2.34. The lowest BCUT2D eigenvalue weighted by atomic mass is 10.2. The summed E-state index contributed by atoms with van der Waals surface area (Å²) < 4.78 is 14.0. The number of hydrogen-bond acceptors (Lipinski definition) is 4. The van der Waals surface area contributed by atoms with E-state index in [1.807, 2.05) is 13.0 Å². The Hall–Kier alpha value is -2.47. The Bertz CT molecular complexity index is 844. The number of nitrogens with two attached hydrogens (primary N) is 1. The van der Waals surface area contributed by atoms with Crippen molar-refractivity contribution >= 4 is 38.7 Å². The molecule has 0 spiro atoms. The number of nitrogen functional groups attached to an aromatic ring is 1. The van der Waals surface area contributed by atoms with Gasteiger partial charge in [0.1, 0.15) is 10.7 Å². The maximum Gasteiger partial charge on any atom is 0.267 e. The first-order chi connectivity index (χ1) is 10.0. The van der Waals surface area contributed by atoms with Crippen LogP contribution in [0.1, 0.15) is 15.2 Å². The summed E-state index contributed by atoms with van der Waals surface area (Å²) >= 11 is 1.24. The molecule has 0 aliphatic rings. The third kappa shape index (κ3) is 2.57. The molecule has 1 aromatic carbocycles. The highest BCUT2D eigenvalue weighted by atomic mass is 32.1. The van der Waals surface area contributed by atoms with Gasteiger partial charge in [-0.2, -0.15) is 0 Å². The summed E-state index contributed by atoms with van der Waals surface area (Å²) in [7, 11) is 0. The van der Waals surface area contributed by atoms with Crippen molar-refractivity contribution in [1.82, 2.24) is 4.98 Å². The molecule has 106 valence electrons. The summed E-state index contributed by atoms with van der Waals surface area (Å²) in [5.41, 5.74) is 7.80. The van der Waals surface area contributed by atoms with Gasteiger partial charge < -0.3 is 11.1 Å². The standard InChI is InChI=1S/C15H12FN3OS/c1-8-4-10(7-18-6-8)19-15(20)14-13(17)11-5-9(16)2-3-12(11)21-14/h2-7H,17H2,1H3,(H,19,20). The van der Waals surface area contributed by atoms with E-state index >= 15 is 0 Å². The molecule has 0 fully saturated rings. The maximum atomic E-state index is 13.3. The van der Waals surface area contributed by atoms with E-state index in [0.717, 1.165) is 10.3 Å². The lowest BCUT2D eigenvalue weighted by Crippen LogP contribution is -2.12. The van der Waals surface area contributed by atoms with Crippen molar-refractivity contribution in [2.75, 3.05) is 11.1 Å². The van der Waals surface area contributed by atoms with Crippen LogP contribution in [-0.2, 0) is 0 Å². The highest BCUT2D eigenvalue weighted by Gasteiger charge is 2.17. The fourth-order valence-electron chi connectivity index (χ4n) is 2.07. The van der Waals surface area contributed by atoms with E-state index in [4.69, 9.17) is 5.73 Å². The third-order valence-electron chi connectivity index (χ3n) is 3.03. The van der Waals surface area contributed by atoms with Crippen LogP contribution in [0.5, 0.6) is 0 Å². The van der Waals surface area contributed by atoms with Gasteiger partial charge in [-0.15, -0.1) is 11.3 Å². The zero-order valence-electron chi connectivity index (χ0n) is 11.2. The number of hydrogen-bond donors (Lipinski definition) is 2. The molecule has 3 aromatic rings. The van der Waals surface area contributed by atoms with E-state index in [1.54, 1.807) is 18.5 Å². The van der Waals surface area contributed by atoms with Crippen molar-refractivity contribution in [3.05, 3.63) is 52.9 Å². The second kappa shape index (κ2) is 5.14. The van der Waals surface area contributed by atoms with Gasteiger partial charge in [0.2, 0.25) is 0 Å². The van der Waals surface area contributed by atoms with E-state index < -0.39 is 0 Å². The lowest BCUT2D eigenvalue weighted by molar-refractivity contribution is 0.103. The molecule has 2 aromatic heterocycles. The Kier molecular flexibility index (Phi) is 3.31. The molecular weight excluding hydrogens is 289 g/mol. The van der Waals surface area contributed by atoms with E-state index in [2.05, 4.69) is 10.3 Å². The minimum atomic E-state index is -0.373. The number of nitrogens with zero attached hydrogens (tertiary/aromatic N) is 1. The van der Waals surface area contributed by atoms with Gasteiger partial charge in [-0.25, -0.2) is 4.39 Å². The topological polar surface area (TPSA) is 68.0 Å². The van der Waals surface area contributed by atoms with Gasteiger partial charge in [0, 0.05) is 16.3 Å². The number of pyridine rings is 1. The molecule has 2 heterocycles. The zero-order chi connectivity index (χ0) is 15.0. The van der Waals surface area contributed by atoms with Gasteiger partial charge in [0.15, 0.2) is 0 Å². The quantitative estimate of drug-likeness (QED) is 0.760. The molecule has 4 nitrogen and oxygen atoms in total. The molecule has 3 rings (SSSR count). The molecule has 0 unspecified atom stereocenters. The molecule has 0 atom stereocenters. The molecule has 6 heteroatoms. The number of carbonyl (C=O) groups excluding carboxylic acids is 1. The van der Waals surface area contributed by atoms with Crippen molar-refractivity contribution in [3.8, 4) is 0 Å². The number of fused-ring (bicyclic) bond motifs is 1. The number of rotatable bonds is 2. The molecular formula is C15H12FN3OS. The van der Waals surface area contributed by atoms with Crippen LogP contribution in [0.2, 0.25) is 0 Å². The van der Waals surface area contributed by atoms with E-state index in [1.165, 1.54) is 23.5 Å². The Morgan fingerprint density at radius 2 is 2.14 bits per heavy atom. The maximum absolute atomic E-state index is 13.3.